The molecule has 6 nitrogen and oxygen atoms in total. The molecule has 0 rings (SSSR count). The average Bonchev–Trinajstić information content (AvgIpc) is 1.60. The Morgan fingerprint density at radius 3 is 2.10 bits per heavy atom. The molecule has 0 spiro atoms. The molecule has 0 aliphatic carbocycles. The zero-order chi connectivity index (χ0) is 8.36. The van der Waals surface area contributed by atoms with Crippen LogP contribution < -0.4 is 10.9 Å². The third kappa shape index (κ3) is 3.38. The first-order valence-corrected chi connectivity index (χ1v) is 3.86. The molecular weight excluding hydrogens is 158 g/mol. The summed E-state index contributed by atoms with van der Waals surface area (Å²) in [5, 5.41) is 4.62. The maximum absolute atomic E-state index is 10.4. The van der Waals surface area contributed by atoms with E-state index in [1.54, 1.807) is 0 Å². The number of rotatable bonds is 3. The maximum Gasteiger partial charge on any atom is 0.277 e. The van der Waals surface area contributed by atoms with Gasteiger partial charge in [-0.15, -0.1) is 0 Å². The highest BCUT2D eigenvalue weighted by Gasteiger charge is 2.12. The van der Waals surface area contributed by atoms with Crippen molar-refractivity contribution in [3.63, 3.8) is 0 Å². The van der Waals surface area contributed by atoms with E-state index in [9.17, 15) is 13.2 Å². The molecule has 1 amide bonds. The van der Waals surface area contributed by atoms with E-state index in [4.69, 9.17) is 0 Å². The van der Waals surface area contributed by atoms with Gasteiger partial charge < -0.3 is 5.73 Å². The van der Waals surface area contributed by atoms with Gasteiger partial charge in [0.05, 0.1) is 6.54 Å². The van der Waals surface area contributed by atoms with Crippen LogP contribution in [0.25, 0.3) is 0 Å². The SMILES string of the molecule is CN(CC(N)=O)S(N)(=O)=O. The number of hydrogen-bond donors (Lipinski definition) is 2. The topological polar surface area (TPSA) is 106 Å². The molecule has 0 aliphatic rings. The van der Waals surface area contributed by atoms with Crippen molar-refractivity contribution in [1.29, 1.82) is 0 Å². The quantitative estimate of drug-likeness (QED) is 0.489. The lowest BCUT2D eigenvalue weighted by atomic mass is 10.6. The molecule has 0 aliphatic heterocycles. The summed E-state index contributed by atoms with van der Waals surface area (Å²) in [6, 6.07) is 0. The molecule has 0 radical (unpaired) electrons. The van der Waals surface area contributed by atoms with Gasteiger partial charge in [0.2, 0.25) is 5.91 Å². The molecule has 7 heteroatoms. The van der Waals surface area contributed by atoms with Crippen molar-refractivity contribution in [2.45, 2.75) is 0 Å². The Kier molecular flexibility index (Phi) is 2.76. The number of amides is 1. The minimum absolute atomic E-state index is 0.390. The fourth-order valence-corrected chi connectivity index (χ4v) is 0.617. The summed E-state index contributed by atoms with van der Waals surface area (Å²) >= 11 is 0. The Balaban J connectivity index is 4.12. The van der Waals surface area contributed by atoms with Gasteiger partial charge in [-0.3, -0.25) is 4.79 Å². The lowest BCUT2D eigenvalue weighted by Crippen LogP contribution is -2.39. The Morgan fingerprint density at radius 2 is 2.00 bits per heavy atom. The van der Waals surface area contributed by atoms with Crippen LogP contribution in [0.3, 0.4) is 0 Å². The second kappa shape index (κ2) is 2.95. The third-order valence-corrected chi connectivity index (χ3v) is 1.81. The minimum atomic E-state index is -3.77. The van der Waals surface area contributed by atoms with Crippen LogP contribution in [-0.2, 0) is 15.0 Å². The van der Waals surface area contributed by atoms with Gasteiger partial charge in [-0.2, -0.15) is 12.7 Å². The fourth-order valence-electron chi connectivity index (χ4n) is 0.309. The Hall–Kier alpha value is -0.660. The number of primary amides is 1. The standard InChI is InChI=1S/C3H9N3O3S/c1-6(2-3(4)7)10(5,8)9/h2H2,1H3,(H2,4,7)(H2,5,8,9). The van der Waals surface area contributed by atoms with Gasteiger partial charge in [0.25, 0.3) is 10.2 Å². The molecule has 0 atom stereocenters. The molecular formula is C3H9N3O3S. The first-order chi connectivity index (χ1) is 4.34. The summed E-state index contributed by atoms with van der Waals surface area (Å²) in [5.41, 5.74) is 4.69. The fraction of sp³-hybridized carbons (Fsp3) is 0.667. The van der Waals surface area contributed by atoms with Crippen molar-refractivity contribution in [1.82, 2.24) is 4.31 Å². The smallest absolute Gasteiger partial charge is 0.277 e. The molecule has 10 heavy (non-hydrogen) atoms. The summed E-state index contributed by atoms with van der Waals surface area (Å²) in [6.07, 6.45) is 0. The number of hydrogen-bond acceptors (Lipinski definition) is 3. The van der Waals surface area contributed by atoms with Crippen LogP contribution in [-0.4, -0.2) is 32.2 Å². The highest BCUT2D eigenvalue weighted by molar-refractivity contribution is 7.86. The molecule has 60 valence electrons. The number of nitrogens with zero attached hydrogens (tertiary/aromatic N) is 1. The number of likely N-dealkylation sites (N-methyl/N-ethyl adjacent to an activating group) is 1. The molecule has 4 N–H and O–H groups in total. The largest absolute Gasteiger partial charge is 0.369 e. The Morgan fingerprint density at radius 1 is 1.60 bits per heavy atom. The van der Waals surface area contributed by atoms with E-state index in [0.717, 1.165) is 0 Å². The lowest BCUT2D eigenvalue weighted by Gasteiger charge is -2.09. The molecule has 0 aromatic heterocycles. The normalized spacial score (nSPS) is 11.9. The van der Waals surface area contributed by atoms with Crippen molar-refractivity contribution >= 4 is 16.1 Å². The molecule has 0 saturated heterocycles. The minimum Gasteiger partial charge on any atom is -0.369 e. The Bertz CT molecular complexity index is 221. The maximum atomic E-state index is 10.4. The van der Waals surface area contributed by atoms with Crippen molar-refractivity contribution in [2.75, 3.05) is 13.6 Å². The first-order valence-electron chi connectivity index (χ1n) is 2.36. The van der Waals surface area contributed by atoms with E-state index >= 15 is 0 Å². The Labute approximate surface area is 59.0 Å². The van der Waals surface area contributed by atoms with Gasteiger partial charge in [-0.1, -0.05) is 0 Å². The van der Waals surface area contributed by atoms with E-state index < -0.39 is 22.7 Å². The van der Waals surface area contributed by atoms with Crippen LogP contribution >= 0.6 is 0 Å². The van der Waals surface area contributed by atoms with Gasteiger partial charge in [0.15, 0.2) is 0 Å². The van der Waals surface area contributed by atoms with Crippen LogP contribution in [0, 0.1) is 0 Å². The van der Waals surface area contributed by atoms with E-state index in [2.05, 4.69) is 10.9 Å². The van der Waals surface area contributed by atoms with Gasteiger partial charge in [-0.05, 0) is 0 Å². The molecule has 0 saturated carbocycles. The lowest BCUT2D eigenvalue weighted by molar-refractivity contribution is -0.118. The molecule has 0 aromatic rings. The zero-order valence-electron chi connectivity index (χ0n) is 5.44. The van der Waals surface area contributed by atoms with Gasteiger partial charge in [0.1, 0.15) is 0 Å². The van der Waals surface area contributed by atoms with E-state index in [-0.39, 0.29) is 0 Å². The summed E-state index contributed by atoms with van der Waals surface area (Å²) in [6.45, 7) is -0.390. The second-order valence-electron chi connectivity index (χ2n) is 1.77. The van der Waals surface area contributed by atoms with Gasteiger partial charge >= 0.3 is 0 Å². The van der Waals surface area contributed by atoms with Crippen molar-refractivity contribution < 1.29 is 13.2 Å². The first kappa shape index (κ1) is 9.34. The number of nitrogens with two attached hydrogens (primary N) is 2. The van der Waals surface area contributed by atoms with Crippen LogP contribution in [0.2, 0.25) is 0 Å². The van der Waals surface area contributed by atoms with Crippen LogP contribution in [0.15, 0.2) is 0 Å². The highest BCUT2D eigenvalue weighted by atomic mass is 32.2. The number of carbonyl (C=O) groups excluding carboxylic acids is 1. The molecule has 0 aromatic carbocycles. The van der Waals surface area contributed by atoms with Crippen LogP contribution in [0.5, 0.6) is 0 Å². The predicted octanol–water partition coefficient (Wildman–Crippen LogP) is -2.39. The summed E-state index contributed by atoms with van der Waals surface area (Å²) in [4.78, 5) is 10.1. The van der Waals surface area contributed by atoms with E-state index in [0.29, 0.717) is 4.31 Å². The van der Waals surface area contributed by atoms with Crippen molar-refractivity contribution in [3.05, 3.63) is 0 Å². The molecule has 0 unspecified atom stereocenters. The van der Waals surface area contributed by atoms with Gasteiger partial charge in [-0.25, -0.2) is 5.14 Å². The summed E-state index contributed by atoms with van der Waals surface area (Å²) in [7, 11) is -2.60. The van der Waals surface area contributed by atoms with Crippen LogP contribution in [0.1, 0.15) is 0 Å². The summed E-state index contributed by atoms with van der Waals surface area (Å²) in [5.74, 6) is -0.739. The van der Waals surface area contributed by atoms with Crippen LogP contribution in [0.4, 0.5) is 0 Å². The zero-order valence-corrected chi connectivity index (χ0v) is 6.26. The van der Waals surface area contributed by atoms with Crippen molar-refractivity contribution in [3.8, 4) is 0 Å². The van der Waals surface area contributed by atoms with E-state index in [1.165, 1.54) is 7.05 Å². The summed E-state index contributed by atoms with van der Waals surface area (Å²) < 4.78 is 21.4. The second-order valence-corrected chi connectivity index (χ2v) is 3.42. The molecule has 0 bridgehead atoms. The number of carbonyl (C=O) groups is 1. The average molecular weight is 167 g/mol. The highest BCUT2D eigenvalue weighted by Crippen LogP contribution is 1.85. The van der Waals surface area contributed by atoms with E-state index in [1.807, 2.05) is 0 Å². The molecule has 0 fully saturated rings. The van der Waals surface area contributed by atoms with Gasteiger partial charge in [0, 0.05) is 7.05 Å². The molecule has 0 heterocycles. The third-order valence-electron chi connectivity index (χ3n) is 0.813. The monoisotopic (exact) mass is 167 g/mol. The van der Waals surface area contributed by atoms with Crippen molar-refractivity contribution in [2.24, 2.45) is 10.9 Å². The predicted molar refractivity (Wildman–Crippen MR) is 34.9 cm³/mol.